The normalized spacial score (nSPS) is 14.4. The maximum atomic E-state index is 13.3. The van der Waals surface area contributed by atoms with Gasteiger partial charge in [-0.2, -0.15) is 4.98 Å². The number of rotatable bonds is 3. The Kier molecular flexibility index (Phi) is 4.48. The second-order valence-corrected chi connectivity index (χ2v) is 6.36. The van der Waals surface area contributed by atoms with E-state index >= 15 is 0 Å². The van der Waals surface area contributed by atoms with E-state index in [1.807, 2.05) is 4.90 Å². The lowest BCUT2D eigenvalue weighted by Gasteiger charge is -2.26. The monoisotopic (exact) mass is 351 g/mol. The highest BCUT2D eigenvalue weighted by molar-refractivity contribution is 5.94. The van der Waals surface area contributed by atoms with Crippen molar-refractivity contribution in [2.24, 2.45) is 0 Å². The van der Waals surface area contributed by atoms with Gasteiger partial charge in [0, 0.05) is 29.8 Å². The summed E-state index contributed by atoms with van der Waals surface area (Å²) in [6, 6.07) is 13.2. The molecule has 0 N–H and O–H groups in total. The number of amides is 1. The van der Waals surface area contributed by atoms with Gasteiger partial charge in [0.25, 0.3) is 11.8 Å². The van der Waals surface area contributed by atoms with Crippen molar-refractivity contribution in [3.63, 3.8) is 0 Å². The highest BCUT2D eigenvalue weighted by Crippen LogP contribution is 2.23. The lowest BCUT2D eigenvalue weighted by atomic mass is 10.1. The molecule has 26 heavy (non-hydrogen) atoms. The van der Waals surface area contributed by atoms with E-state index < -0.39 is 0 Å². The summed E-state index contributed by atoms with van der Waals surface area (Å²) in [5.74, 6) is 0.367. The van der Waals surface area contributed by atoms with Crippen molar-refractivity contribution in [1.29, 1.82) is 0 Å². The van der Waals surface area contributed by atoms with Gasteiger partial charge in [-0.1, -0.05) is 17.3 Å². The van der Waals surface area contributed by atoms with Gasteiger partial charge in [0.15, 0.2) is 0 Å². The van der Waals surface area contributed by atoms with Crippen LogP contribution in [0.4, 0.5) is 4.39 Å². The number of hydrogen-bond donors (Lipinski definition) is 0. The number of halogens is 1. The number of nitrogens with zero attached hydrogens (tertiary/aromatic N) is 3. The number of aromatic nitrogens is 2. The van der Waals surface area contributed by atoms with Gasteiger partial charge in [-0.25, -0.2) is 4.39 Å². The molecule has 4 rings (SSSR count). The van der Waals surface area contributed by atoms with E-state index in [1.54, 1.807) is 36.4 Å². The highest BCUT2D eigenvalue weighted by Gasteiger charge is 2.18. The predicted octanol–water partition coefficient (Wildman–Crippen LogP) is 4.17. The van der Waals surface area contributed by atoms with Crippen LogP contribution in [0, 0.1) is 5.82 Å². The van der Waals surface area contributed by atoms with Crippen LogP contribution >= 0.6 is 0 Å². The zero-order valence-corrected chi connectivity index (χ0v) is 14.2. The maximum Gasteiger partial charge on any atom is 0.258 e. The number of carbonyl (C=O) groups is 1. The van der Waals surface area contributed by atoms with Gasteiger partial charge in [0.2, 0.25) is 5.82 Å². The minimum atomic E-state index is -0.352. The average Bonchev–Trinajstić information content (AvgIpc) is 3.18. The molecule has 1 fully saturated rings. The Morgan fingerprint density at radius 1 is 1.00 bits per heavy atom. The standard InChI is InChI=1S/C20H18FN3O2/c21-17-6-4-5-16(13-17)18-22-19(26-23-18)14-7-9-15(10-8-14)20(25)24-11-2-1-3-12-24/h4-10,13H,1-3,11-12H2. The molecular formula is C20H18FN3O2. The van der Waals surface area contributed by atoms with E-state index in [9.17, 15) is 9.18 Å². The third-order valence-electron chi connectivity index (χ3n) is 4.53. The molecule has 6 heteroatoms. The molecule has 0 bridgehead atoms. The number of carbonyl (C=O) groups excluding carboxylic acids is 1. The second-order valence-electron chi connectivity index (χ2n) is 6.36. The summed E-state index contributed by atoms with van der Waals surface area (Å²) in [5.41, 5.74) is 1.92. The fourth-order valence-electron chi connectivity index (χ4n) is 3.12. The van der Waals surface area contributed by atoms with Gasteiger partial charge in [-0.15, -0.1) is 0 Å². The molecule has 1 saturated heterocycles. The van der Waals surface area contributed by atoms with E-state index in [0.717, 1.165) is 31.5 Å². The molecule has 0 atom stereocenters. The first kappa shape index (κ1) is 16.4. The van der Waals surface area contributed by atoms with Crippen LogP contribution in [0.1, 0.15) is 29.6 Å². The van der Waals surface area contributed by atoms with Crippen molar-refractivity contribution in [2.45, 2.75) is 19.3 Å². The van der Waals surface area contributed by atoms with Crippen LogP contribution in [-0.2, 0) is 0 Å². The number of piperidine rings is 1. The quantitative estimate of drug-likeness (QED) is 0.711. The van der Waals surface area contributed by atoms with Gasteiger partial charge < -0.3 is 9.42 Å². The first-order valence-corrected chi connectivity index (χ1v) is 8.70. The Morgan fingerprint density at radius 3 is 2.50 bits per heavy atom. The smallest absolute Gasteiger partial charge is 0.258 e. The predicted molar refractivity (Wildman–Crippen MR) is 94.9 cm³/mol. The van der Waals surface area contributed by atoms with E-state index in [0.29, 0.717) is 22.8 Å². The van der Waals surface area contributed by atoms with Crippen LogP contribution in [0.3, 0.4) is 0 Å². The van der Waals surface area contributed by atoms with Crippen LogP contribution < -0.4 is 0 Å². The highest BCUT2D eigenvalue weighted by atomic mass is 19.1. The minimum Gasteiger partial charge on any atom is -0.339 e. The van der Waals surface area contributed by atoms with Gasteiger partial charge in [-0.05, 0) is 55.7 Å². The van der Waals surface area contributed by atoms with Crippen LogP contribution in [0.15, 0.2) is 53.1 Å². The Balaban J connectivity index is 1.53. The van der Waals surface area contributed by atoms with E-state index in [2.05, 4.69) is 10.1 Å². The summed E-state index contributed by atoms with van der Waals surface area (Å²) in [7, 11) is 0. The van der Waals surface area contributed by atoms with Gasteiger partial charge in [0.05, 0.1) is 0 Å². The zero-order valence-electron chi connectivity index (χ0n) is 14.2. The number of likely N-dealkylation sites (tertiary alicyclic amines) is 1. The molecule has 0 saturated carbocycles. The summed E-state index contributed by atoms with van der Waals surface area (Å²) >= 11 is 0. The minimum absolute atomic E-state index is 0.0576. The van der Waals surface area contributed by atoms with Crippen molar-refractivity contribution < 1.29 is 13.7 Å². The summed E-state index contributed by atoms with van der Waals surface area (Å²) in [5, 5.41) is 3.91. The molecule has 132 valence electrons. The van der Waals surface area contributed by atoms with Gasteiger partial charge in [0.1, 0.15) is 5.82 Å². The lowest BCUT2D eigenvalue weighted by Crippen LogP contribution is -2.35. The zero-order chi connectivity index (χ0) is 17.9. The molecular weight excluding hydrogens is 333 g/mol. The summed E-state index contributed by atoms with van der Waals surface area (Å²) < 4.78 is 18.6. The molecule has 2 heterocycles. The molecule has 2 aromatic carbocycles. The first-order chi connectivity index (χ1) is 12.7. The van der Waals surface area contributed by atoms with E-state index in [-0.39, 0.29) is 11.7 Å². The molecule has 0 spiro atoms. The van der Waals surface area contributed by atoms with Crippen LogP contribution in [0.25, 0.3) is 22.8 Å². The number of benzene rings is 2. The molecule has 5 nitrogen and oxygen atoms in total. The second kappa shape index (κ2) is 7.07. The molecule has 1 aliphatic rings. The third-order valence-corrected chi connectivity index (χ3v) is 4.53. The van der Waals surface area contributed by atoms with Gasteiger partial charge in [-0.3, -0.25) is 4.79 Å². The molecule has 1 aromatic heterocycles. The van der Waals surface area contributed by atoms with Crippen molar-refractivity contribution in [1.82, 2.24) is 15.0 Å². The van der Waals surface area contributed by atoms with E-state index in [4.69, 9.17) is 4.52 Å². The molecule has 0 aliphatic carbocycles. The molecule has 3 aromatic rings. The van der Waals surface area contributed by atoms with Crippen molar-refractivity contribution in [3.05, 3.63) is 59.9 Å². The Morgan fingerprint density at radius 2 is 1.77 bits per heavy atom. The Hall–Kier alpha value is -3.02. The van der Waals surface area contributed by atoms with Crippen LogP contribution in [0.2, 0.25) is 0 Å². The van der Waals surface area contributed by atoms with Crippen LogP contribution in [0.5, 0.6) is 0 Å². The first-order valence-electron chi connectivity index (χ1n) is 8.70. The molecule has 1 amide bonds. The topological polar surface area (TPSA) is 59.2 Å². The van der Waals surface area contributed by atoms with Gasteiger partial charge >= 0.3 is 0 Å². The SMILES string of the molecule is O=C(c1ccc(-c2nc(-c3cccc(F)c3)no2)cc1)N1CCCCC1. The summed E-state index contributed by atoms with van der Waals surface area (Å²) in [6.45, 7) is 1.64. The van der Waals surface area contributed by atoms with E-state index in [1.165, 1.54) is 18.6 Å². The summed E-state index contributed by atoms with van der Waals surface area (Å²) in [4.78, 5) is 18.7. The van der Waals surface area contributed by atoms with Crippen molar-refractivity contribution >= 4 is 5.91 Å². The van der Waals surface area contributed by atoms with Crippen molar-refractivity contribution in [2.75, 3.05) is 13.1 Å². The Labute approximate surface area is 150 Å². The van der Waals surface area contributed by atoms with Crippen molar-refractivity contribution in [3.8, 4) is 22.8 Å². The lowest BCUT2D eigenvalue weighted by molar-refractivity contribution is 0.0724. The number of hydrogen-bond acceptors (Lipinski definition) is 4. The molecule has 0 unspecified atom stereocenters. The molecule has 1 aliphatic heterocycles. The third kappa shape index (κ3) is 3.35. The van der Waals surface area contributed by atoms with Crippen LogP contribution in [-0.4, -0.2) is 34.0 Å². The fraction of sp³-hybridized carbons (Fsp3) is 0.250. The molecule has 0 radical (unpaired) electrons. The summed E-state index contributed by atoms with van der Waals surface area (Å²) in [6.07, 6.45) is 3.32. The maximum absolute atomic E-state index is 13.3. The fourth-order valence-corrected chi connectivity index (χ4v) is 3.12. The Bertz CT molecular complexity index is 915. The average molecular weight is 351 g/mol. The largest absolute Gasteiger partial charge is 0.339 e.